The lowest BCUT2D eigenvalue weighted by molar-refractivity contribution is 0.0594. The van der Waals surface area contributed by atoms with Crippen molar-refractivity contribution in [3.63, 3.8) is 0 Å². The summed E-state index contributed by atoms with van der Waals surface area (Å²) in [6.45, 7) is 0. The molecule has 0 atom stereocenters. The maximum absolute atomic E-state index is 13.9. The first kappa shape index (κ1) is 15.9. The molecule has 22 heavy (non-hydrogen) atoms. The second-order valence-electron chi connectivity index (χ2n) is 4.20. The minimum atomic E-state index is -1.72. The van der Waals surface area contributed by atoms with Crippen molar-refractivity contribution in [3.05, 3.63) is 40.3 Å². The van der Waals surface area contributed by atoms with Crippen LogP contribution in [0.3, 0.4) is 0 Å². The Morgan fingerprint density at radius 3 is 2.41 bits per heavy atom. The Kier molecular flexibility index (Phi) is 4.14. The van der Waals surface area contributed by atoms with Crippen LogP contribution in [0.1, 0.15) is 10.5 Å². The smallest absolute Gasteiger partial charge is 0.358 e. The molecule has 0 aliphatic carbocycles. The fourth-order valence-corrected chi connectivity index (χ4v) is 1.96. The van der Waals surface area contributed by atoms with Crippen LogP contribution in [0.15, 0.2) is 12.1 Å². The molecule has 0 radical (unpaired) electrons. The van der Waals surface area contributed by atoms with Crippen molar-refractivity contribution in [2.45, 2.75) is 0 Å². The molecule has 1 heterocycles. The third-order valence-electron chi connectivity index (χ3n) is 2.81. The molecule has 4 N–H and O–H groups in total. The number of rotatable bonds is 2. The molecule has 116 valence electrons. The van der Waals surface area contributed by atoms with Crippen molar-refractivity contribution in [3.8, 4) is 11.3 Å². The van der Waals surface area contributed by atoms with Crippen molar-refractivity contribution in [1.29, 1.82) is 0 Å². The van der Waals surface area contributed by atoms with Gasteiger partial charge in [-0.2, -0.15) is 0 Å². The number of carbonyl (C=O) groups is 1. The Morgan fingerprint density at radius 2 is 1.82 bits per heavy atom. The number of hydrogen-bond acceptors (Lipinski definition) is 5. The second-order valence-corrected chi connectivity index (χ2v) is 4.58. The van der Waals surface area contributed by atoms with E-state index in [1.807, 2.05) is 0 Å². The summed E-state index contributed by atoms with van der Waals surface area (Å²) >= 11 is 5.81. The molecule has 0 saturated heterocycles. The van der Waals surface area contributed by atoms with Crippen LogP contribution in [0.25, 0.3) is 11.3 Å². The summed E-state index contributed by atoms with van der Waals surface area (Å²) in [5, 5.41) is -0.211. The van der Waals surface area contributed by atoms with Gasteiger partial charge in [0.05, 0.1) is 29.1 Å². The number of esters is 1. The van der Waals surface area contributed by atoms with Gasteiger partial charge in [0.2, 0.25) is 0 Å². The van der Waals surface area contributed by atoms with Gasteiger partial charge in [0.1, 0.15) is 0 Å². The lowest BCUT2D eigenvalue weighted by atomic mass is 10.1. The van der Waals surface area contributed by atoms with Crippen LogP contribution in [0.4, 0.5) is 24.5 Å². The van der Waals surface area contributed by atoms with Crippen molar-refractivity contribution < 1.29 is 22.7 Å². The van der Waals surface area contributed by atoms with Crippen LogP contribution in [-0.4, -0.2) is 18.1 Å². The molecule has 2 aromatic rings. The van der Waals surface area contributed by atoms with Crippen molar-refractivity contribution in [1.82, 2.24) is 4.98 Å². The molecule has 2 rings (SSSR count). The zero-order chi connectivity index (χ0) is 16.6. The maximum atomic E-state index is 13.9. The van der Waals surface area contributed by atoms with E-state index in [1.165, 1.54) is 0 Å². The number of methoxy groups -OCH3 is 1. The average molecular weight is 332 g/mol. The number of hydrogen-bond donors (Lipinski definition) is 2. The lowest BCUT2D eigenvalue weighted by Crippen LogP contribution is -2.09. The summed E-state index contributed by atoms with van der Waals surface area (Å²) in [7, 11) is 1.08. The largest absolute Gasteiger partial charge is 0.464 e. The number of anilines is 2. The Labute approximate surface area is 127 Å². The fourth-order valence-electron chi connectivity index (χ4n) is 1.78. The van der Waals surface area contributed by atoms with Crippen molar-refractivity contribution >= 4 is 28.9 Å². The first-order valence-corrected chi connectivity index (χ1v) is 6.13. The highest BCUT2D eigenvalue weighted by molar-refractivity contribution is 6.35. The van der Waals surface area contributed by atoms with Gasteiger partial charge < -0.3 is 16.2 Å². The van der Waals surface area contributed by atoms with E-state index in [4.69, 9.17) is 23.1 Å². The summed E-state index contributed by atoms with van der Waals surface area (Å²) in [4.78, 5) is 15.3. The summed E-state index contributed by atoms with van der Waals surface area (Å²) < 4.78 is 44.9. The molecule has 0 bridgehead atoms. The number of aromatic nitrogens is 1. The highest BCUT2D eigenvalue weighted by atomic mass is 35.5. The van der Waals surface area contributed by atoms with Crippen molar-refractivity contribution in [2.24, 2.45) is 0 Å². The van der Waals surface area contributed by atoms with Crippen LogP contribution in [0.5, 0.6) is 0 Å². The van der Waals surface area contributed by atoms with Gasteiger partial charge in [0, 0.05) is 11.8 Å². The van der Waals surface area contributed by atoms with E-state index in [0.717, 1.165) is 13.2 Å². The quantitative estimate of drug-likeness (QED) is 0.501. The molecule has 9 heteroatoms. The van der Waals surface area contributed by atoms with Gasteiger partial charge in [0.15, 0.2) is 23.1 Å². The number of nitrogen functional groups attached to an aromatic ring is 2. The number of nitrogens with two attached hydrogens (primary N) is 2. The molecule has 0 unspecified atom stereocenters. The van der Waals surface area contributed by atoms with Crippen LogP contribution in [-0.2, 0) is 4.74 Å². The van der Waals surface area contributed by atoms with Crippen LogP contribution in [0, 0.1) is 17.5 Å². The fraction of sp³-hybridized carbons (Fsp3) is 0.0769. The normalized spacial score (nSPS) is 10.6. The van der Waals surface area contributed by atoms with Gasteiger partial charge in [-0.1, -0.05) is 11.6 Å². The van der Waals surface area contributed by atoms with Crippen LogP contribution >= 0.6 is 11.6 Å². The molecule has 0 saturated carbocycles. The zero-order valence-corrected chi connectivity index (χ0v) is 11.8. The molecule has 0 spiro atoms. The van der Waals surface area contributed by atoms with E-state index in [2.05, 4.69) is 9.72 Å². The number of ether oxygens (including phenoxy) is 1. The number of pyridine rings is 1. The van der Waals surface area contributed by atoms with Crippen LogP contribution in [0.2, 0.25) is 5.02 Å². The molecule has 1 aromatic carbocycles. The molecule has 0 amide bonds. The highest BCUT2D eigenvalue weighted by Crippen LogP contribution is 2.34. The average Bonchev–Trinajstić information content (AvgIpc) is 2.47. The monoisotopic (exact) mass is 331 g/mol. The van der Waals surface area contributed by atoms with Gasteiger partial charge in [-0.25, -0.2) is 22.9 Å². The van der Waals surface area contributed by atoms with Gasteiger partial charge >= 0.3 is 5.97 Å². The highest BCUT2D eigenvalue weighted by Gasteiger charge is 2.23. The van der Waals surface area contributed by atoms with Crippen LogP contribution < -0.4 is 11.5 Å². The SMILES string of the molecule is COC(=O)c1nc(-c2c(N)cc(F)c(F)c2F)cc(N)c1Cl. The molecule has 5 nitrogen and oxygen atoms in total. The molecular weight excluding hydrogens is 323 g/mol. The van der Waals surface area contributed by atoms with Crippen molar-refractivity contribution in [2.75, 3.05) is 18.6 Å². The Morgan fingerprint density at radius 1 is 1.18 bits per heavy atom. The third kappa shape index (κ3) is 2.52. The summed E-state index contributed by atoms with van der Waals surface area (Å²) in [6, 6.07) is 1.68. The lowest BCUT2D eigenvalue weighted by Gasteiger charge is -2.11. The molecule has 0 fully saturated rings. The molecular formula is C13H9ClF3N3O2. The van der Waals surface area contributed by atoms with Gasteiger partial charge in [-0.05, 0) is 6.07 Å². The topological polar surface area (TPSA) is 91.2 Å². The molecule has 0 aliphatic rings. The standard InChI is InChI=1S/C13H9ClF3N3O2/c1-22-13(21)12-9(14)6(19)3-7(20-12)8-5(18)2-4(15)10(16)11(8)17/h2-3H,18H2,1H3,(H2,19,20). The van der Waals surface area contributed by atoms with Gasteiger partial charge in [0.25, 0.3) is 0 Å². The van der Waals surface area contributed by atoms with E-state index in [-0.39, 0.29) is 16.4 Å². The summed E-state index contributed by atoms with van der Waals surface area (Å²) in [6.07, 6.45) is 0. The molecule has 1 aromatic heterocycles. The maximum Gasteiger partial charge on any atom is 0.358 e. The Balaban J connectivity index is 2.77. The zero-order valence-electron chi connectivity index (χ0n) is 11.1. The van der Waals surface area contributed by atoms with E-state index < -0.39 is 40.4 Å². The van der Waals surface area contributed by atoms with E-state index in [1.54, 1.807) is 0 Å². The van der Waals surface area contributed by atoms with E-state index in [0.29, 0.717) is 6.07 Å². The summed E-state index contributed by atoms with van der Waals surface area (Å²) in [5.41, 5.74) is 9.34. The third-order valence-corrected chi connectivity index (χ3v) is 3.21. The molecule has 0 aliphatic heterocycles. The van der Waals surface area contributed by atoms with E-state index >= 15 is 0 Å². The second kappa shape index (κ2) is 5.72. The number of benzene rings is 1. The summed E-state index contributed by atoms with van der Waals surface area (Å²) in [5.74, 6) is -5.66. The minimum absolute atomic E-state index is 0.129. The van der Waals surface area contributed by atoms with Gasteiger partial charge in [-0.15, -0.1) is 0 Å². The number of nitrogens with zero attached hydrogens (tertiary/aromatic N) is 1. The first-order valence-electron chi connectivity index (χ1n) is 5.75. The predicted octanol–water partition coefficient (Wildman–Crippen LogP) is 2.77. The van der Waals surface area contributed by atoms with E-state index in [9.17, 15) is 18.0 Å². The number of carbonyl (C=O) groups excluding carboxylic acids is 1. The minimum Gasteiger partial charge on any atom is -0.464 e. The predicted molar refractivity (Wildman–Crippen MR) is 74.7 cm³/mol. The van der Waals surface area contributed by atoms with Gasteiger partial charge in [-0.3, -0.25) is 0 Å². The Bertz CT molecular complexity index is 784. The Hall–Kier alpha value is -2.48. The first-order chi connectivity index (χ1) is 10.3. The number of halogens is 4.